The lowest BCUT2D eigenvalue weighted by Crippen LogP contribution is -2.39. The summed E-state index contributed by atoms with van der Waals surface area (Å²) in [7, 11) is 0. The molecule has 27 heavy (non-hydrogen) atoms. The van der Waals surface area contributed by atoms with Crippen molar-refractivity contribution in [3.8, 4) is 0 Å². The highest BCUT2D eigenvalue weighted by Crippen LogP contribution is 2.21. The Hall–Kier alpha value is -3.40. The van der Waals surface area contributed by atoms with Crippen LogP contribution in [0.25, 0.3) is 0 Å². The molecule has 0 radical (unpaired) electrons. The van der Waals surface area contributed by atoms with Crippen LogP contribution in [0.15, 0.2) is 84.9 Å². The molecule has 0 aliphatic heterocycles. The second-order valence-corrected chi connectivity index (χ2v) is 6.32. The fourth-order valence-corrected chi connectivity index (χ4v) is 2.95. The van der Waals surface area contributed by atoms with Crippen molar-refractivity contribution in [2.45, 2.75) is 13.0 Å². The molecule has 0 saturated carbocycles. The van der Waals surface area contributed by atoms with Gasteiger partial charge in [0.2, 0.25) is 5.91 Å². The van der Waals surface area contributed by atoms with Crippen molar-refractivity contribution in [2.24, 2.45) is 0 Å². The van der Waals surface area contributed by atoms with Crippen molar-refractivity contribution >= 4 is 11.8 Å². The van der Waals surface area contributed by atoms with Crippen molar-refractivity contribution in [1.82, 2.24) is 10.6 Å². The number of carbonyl (C=O) groups excluding carboxylic acids is 2. The molecule has 0 heterocycles. The number of aryl methyl sites for hydroxylation is 1. The minimum Gasteiger partial charge on any atom is -0.344 e. The van der Waals surface area contributed by atoms with Crippen LogP contribution in [0, 0.1) is 6.92 Å². The van der Waals surface area contributed by atoms with Crippen molar-refractivity contribution in [2.75, 3.05) is 6.54 Å². The summed E-state index contributed by atoms with van der Waals surface area (Å²) in [5.41, 5.74) is 3.43. The Bertz CT molecular complexity index is 868. The molecule has 4 heteroatoms. The van der Waals surface area contributed by atoms with E-state index in [1.165, 1.54) is 0 Å². The molecule has 0 aromatic heterocycles. The van der Waals surface area contributed by atoms with Crippen molar-refractivity contribution < 1.29 is 9.59 Å². The van der Waals surface area contributed by atoms with E-state index in [-0.39, 0.29) is 24.4 Å². The molecule has 0 aliphatic carbocycles. The lowest BCUT2D eigenvalue weighted by atomic mass is 9.99. The monoisotopic (exact) mass is 358 g/mol. The maximum Gasteiger partial charge on any atom is 0.251 e. The fourth-order valence-electron chi connectivity index (χ4n) is 2.95. The molecule has 0 unspecified atom stereocenters. The van der Waals surface area contributed by atoms with E-state index < -0.39 is 0 Å². The van der Waals surface area contributed by atoms with Gasteiger partial charge in [0.15, 0.2) is 0 Å². The van der Waals surface area contributed by atoms with E-state index in [0.29, 0.717) is 5.56 Å². The average molecular weight is 358 g/mol. The second-order valence-electron chi connectivity index (χ2n) is 6.32. The molecule has 3 aromatic carbocycles. The Labute approximate surface area is 159 Å². The molecule has 3 aromatic rings. The van der Waals surface area contributed by atoms with Crippen LogP contribution in [0.4, 0.5) is 0 Å². The van der Waals surface area contributed by atoms with Gasteiger partial charge in [-0.15, -0.1) is 0 Å². The standard InChI is InChI=1S/C23H22N2O2/c1-17-10-8-9-15-20(17)23(27)24-16-21(26)25-22(18-11-4-2-5-12-18)19-13-6-3-7-14-19/h2-15,22H,16H2,1H3,(H,24,27)(H,25,26). The van der Waals surface area contributed by atoms with Gasteiger partial charge in [-0.25, -0.2) is 0 Å². The zero-order valence-electron chi connectivity index (χ0n) is 15.2. The van der Waals surface area contributed by atoms with Gasteiger partial charge in [-0.3, -0.25) is 9.59 Å². The van der Waals surface area contributed by atoms with Crippen LogP contribution in [0.3, 0.4) is 0 Å². The van der Waals surface area contributed by atoms with Crippen LogP contribution in [0.5, 0.6) is 0 Å². The zero-order valence-corrected chi connectivity index (χ0v) is 15.2. The number of carbonyl (C=O) groups is 2. The fraction of sp³-hybridized carbons (Fsp3) is 0.130. The SMILES string of the molecule is Cc1ccccc1C(=O)NCC(=O)NC(c1ccccc1)c1ccccc1. The highest BCUT2D eigenvalue weighted by molar-refractivity contribution is 5.97. The highest BCUT2D eigenvalue weighted by Gasteiger charge is 2.17. The van der Waals surface area contributed by atoms with Gasteiger partial charge >= 0.3 is 0 Å². The minimum absolute atomic E-state index is 0.0800. The van der Waals surface area contributed by atoms with Crippen LogP contribution < -0.4 is 10.6 Å². The third-order valence-corrected chi connectivity index (χ3v) is 4.37. The first kappa shape index (κ1) is 18.4. The average Bonchev–Trinajstić information content (AvgIpc) is 2.72. The van der Waals surface area contributed by atoms with E-state index in [9.17, 15) is 9.59 Å². The number of rotatable bonds is 6. The summed E-state index contributed by atoms with van der Waals surface area (Å²) in [6, 6.07) is 26.6. The first-order chi connectivity index (χ1) is 13.1. The summed E-state index contributed by atoms with van der Waals surface area (Å²) in [6.07, 6.45) is 0. The van der Waals surface area contributed by atoms with Crippen molar-refractivity contribution in [3.63, 3.8) is 0 Å². The third-order valence-electron chi connectivity index (χ3n) is 4.37. The number of amides is 2. The van der Waals surface area contributed by atoms with Crippen LogP contribution in [0.1, 0.15) is 33.1 Å². The normalized spacial score (nSPS) is 10.4. The van der Waals surface area contributed by atoms with Gasteiger partial charge in [-0.05, 0) is 29.7 Å². The third kappa shape index (κ3) is 4.82. The van der Waals surface area contributed by atoms with Gasteiger partial charge in [0.25, 0.3) is 5.91 Å². The van der Waals surface area contributed by atoms with Gasteiger partial charge in [0.1, 0.15) is 0 Å². The van der Waals surface area contributed by atoms with Crippen LogP contribution in [0.2, 0.25) is 0 Å². The molecular weight excluding hydrogens is 336 g/mol. The van der Waals surface area contributed by atoms with Crippen LogP contribution >= 0.6 is 0 Å². The van der Waals surface area contributed by atoms with Crippen LogP contribution in [-0.2, 0) is 4.79 Å². The van der Waals surface area contributed by atoms with E-state index in [2.05, 4.69) is 10.6 Å². The van der Waals surface area contributed by atoms with Gasteiger partial charge in [-0.1, -0.05) is 78.9 Å². The molecule has 2 amide bonds. The van der Waals surface area contributed by atoms with E-state index in [0.717, 1.165) is 16.7 Å². The molecule has 0 aliphatic rings. The van der Waals surface area contributed by atoms with Gasteiger partial charge in [0.05, 0.1) is 12.6 Å². The zero-order chi connectivity index (χ0) is 19.1. The summed E-state index contributed by atoms with van der Waals surface area (Å²) in [5, 5.41) is 5.71. The smallest absolute Gasteiger partial charge is 0.251 e. The van der Waals surface area contributed by atoms with E-state index in [1.54, 1.807) is 6.07 Å². The molecule has 3 rings (SSSR count). The first-order valence-electron chi connectivity index (χ1n) is 8.88. The largest absolute Gasteiger partial charge is 0.344 e. The molecule has 0 atom stereocenters. The molecule has 136 valence electrons. The summed E-state index contributed by atoms with van der Waals surface area (Å²) in [4.78, 5) is 24.8. The van der Waals surface area contributed by atoms with E-state index in [4.69, 9.17) is 0 Å². The molecule has 4 nitrogen and oxygen atoms in total. The first-order valence-corrected chi connectivity index (χ1v) is 8.88. The van der Waals surface area contributed by atoms with E-state index in [1.807, 2.05) is 85.8 Å². The molecule has 0 saturated heterocycles. The Morgan fingerprint density at radius 2 is 1.30 bits per heavy atom. The van der Waals surface area contributed by atoms with Crippen molar-refractivity contribution in [3.05, 3.63) is 107 Å². The molecule has 0 fully saturated rings. The number of hydrogen-bond acceptors (Lipinski definition) is 2. The maximum atomic E-state index is 12.5. The van der Waals surface area contributed by atoms with E-state index >= 15 is 0 Å². The lowest BCUT2D eigenvalue weighted by molar-refractivity contribution is -0.120. The second kappa shape index (κ2) is 8.81. The van der Waals surface area contributed by atoms with Gasteiger partial charge in [0, 0.05) is 5.56 Å². The molecule has 2 N–H and O–H groups in total. The van der Waals surface area contributed by atoms with Crippen LogP contribution in [-0.4, -0.2) is 18.4 Å². The number of hydrogen-bond donors (Lipinski definition) is 2. The quantitative estimate of drug-likeness (QED) is 0.707. The Balaban J connectivity index is 1.68. The minimum atomic E-state index is -0.268. The summed E-state index contributed by atoms with van der Waals surface area (Å²) >= 11 is 0. The number of nitrogens with one attached hydrogen (secondary N) is 2. The maximum absolute atomic E-state index is 12.5. The summed E-state index contributed by atoms with van der Waals surface area (Å²) in [5.74, 6) is -0.492. The van der Waals surface area contributed by atoms with Gasteiger partial charge < -0.3 is 10.6 Å². The molecule has 0 spiro atoms. The number of benzene rings is 3. The predicted molar refractivity (Wildman–Crippen MR) is 106 cm³/mol. The molecular formula is C23H22N2O2. The predicted octanol–water partition coefficient (Wildman–Crippen LogP) is 3.63. The Morgan fingerprint density at radius 1 is 0.778 bits per heavy atom. The summed E-state index contributed by atoms with van der Waals surface area (Å²) in [6.45, 7) is 1.79. The molecule has 0 bridgehead atoms. The lowest BCUT2D eigenvalue weighted by Gasteiger charge is -2.20. The topological polar surface area (TPSA) is 58.2 Å². The summed E-state index contributed by atoms with van der Waals surface area (Å²) < 4.78 is 0. The Kier molecular flexibility index (Phi) is 6.00. The van der Waals surface area contributed by atoms with Gasteiger partial charge in [-0.2, -0.15) is 0 Å². The highest BCUT2D eigenvalue weighted by atomic mass is 16.2. The Morgan fingerprint density at radius 3 is 1.85 bits per heavy atom. The van der Waals surface area contributed by atoms with Crippen molar-refractivity contribution in [1.29, 1.82) is 0 Å².